The summed E-state index contributed by atoms with van der Waals surface area (Å²) in [6, 6.07) is 14.6. The molecule has 0 aliphatic carbocycles. The van der Waals surface area contributed by atoms with Gasteiger partial charge in [0.2, 0.25) is 5.91 Å². The summed E-state index contributed by atoms with van der Waals surface area (Å²) >= 11 is 0. The molecule has 0 spiro atoms. The van der Waals surface area contributed by atoms with E-state index in [9.17, 15) is 9.59 Å². The van der Waals surface area contributed by atoms with Crippen molar-refractivity contribution in [2.45, 2.75) is 20.5 Å². The van der Waals surface area contributed by atoms with E-state index in [0.717, 1.165) is 11.1 Å². The van der Waals surface area contributed by atoms with E-state index in [2.05, 4.69) is 10.8 Å². The van der Waals surface area contributed by atoms with E-state index in [1.165, 1.54) is 6.92 Å². The number of hydrogen-bond acceptors (Lipinski definition) is 3. The van der Waals surface area contributed by atoms with Crippen LogP contribution in [0.5, 0.6) is 0 Å². The molecule has 0 bridgehead atoms. The maximum Gasteiger partial charge on any atom is 0.274 e. The van der Waals surface area contributed by atoms with Gasteiger partial charge >= 0.3 is 0 Å². The molecule has 0 saturated heterocycles. The third kappa shape index (κ3) is 4.43. The van der Waals surface area contributed by atoms with Gasteiger partial charge in [0.1, 0.15) is 0 Å². The Kier molecular flexibility index (Phi) is 5.27. The second kappa shape index (κ2) is 7.38. The van der Waals surface area contributed by atoms with Crippen LogP contribution in [0, 0.1) is 6.92 Å². The van der Waals surface area contributed by atoms with Crippen LogP contribution in [0.4, 0.5) is 5.69 Å². The summed E-state index contributed by atoms with van der Waals surface area (Å²) in [5, 5.41) is 2.69. The fourth-order valence-electron chi connectivity index (χ4n) is 1.91. The number of hydrogen-bond donors (Lipinski definition) is 2. The van der Waals surface area contributed by atoms with Crippen LogP contribution in [0.1, 0.15) is 28.4 Å². The smallest absolute Gasteiger partial charge is 0.274 e. The van der Waals surface area contributed by atoms with E-state index >= 15 is 0 Å². The minimum Gasteiger partial charge on any atom is -0.326 e. The highest BCUT2D eigenvalue weighted by Gasteiger charge is 2.09. The van der Waals surface area contributed by atoms with Crippen molar-refractivity contribution >= 4 is 17.5 Å². The normalized spacial score (nSPS) is 10.1. The highest BCUT2D eigenvalue weighted by molar-refractivity contribution is 5.96. The average molecular weight is 298 g/mol. The van der Waals surface area contributed by atoms with E-state index in [1.807, 2.05) is 37.3 Å². The van der Waals surface area contributed by atoms with Gasteiger partial charge in [-0.2, -0.15) is 0 Å². The predicted octanol–water partition coefficient (Wildman–Crippen LogP) is 2.82. The van der Waals surface area contributed by atoms with Gasteiger partial charge in [0.25, 0.3) is 5.91 Å². The number of hydroxylamine groups is 1. The van der Waals surface area contributed by atoms with Crippen LogP contribution in [0.15, 0.2) is 48.5 Å². The fraction of sp³-hybridized carbons (Fsp3) is 0.176. The summed E-state index contributed by atoms with van der Waals surface area (Å²) in [6.45, 7) is 3.57. The molecule has 0 unspecified atom stereocenters. The molecule has 2 aromatic carbocycles. The fourth-order valence-corrected chi connectivity index (χ4v) is 1.91. The van der Waals surface area contributed by atoms with Crippen molar-refractivity contribution in [1.29, 1.82) is 0 Å². The molecule has 0 saturated carbocycles. The monoisotopic (exact) mass is 298 g/mol. The first-order valence-corrected chi connectivity index (χ1v) is 6.90. The third-order valence-electron chi connectivity index (χ3n) is 3.06. The largest absolute Gasteiger partial charge is 0.326 e. The zero-order valence-electron chi connectivity index (χ0n) is 12.6. The first-order valence-electron chi connectivity index (χ1n) is 6.90. The van der Waals surface area contributed by atoms with Gasteiger partial charge in [-0.3, -0.25) is 14.4 Å². The van der Waals surface area contributed by atoms with Gasteiger partial charge in [0.15, 0.2) is 0 Å². The Hall–Kier alpha value is -2.66. The van der Waals surface area contributed by atoms with Gasteiger partial charge in [-0.05, 0) is 30.2 Å². The zero-order chi connectivity index (χ0) is 15.9. The predicted molar refractivity (Wildman–Crippen MR) is 84.2 cm³/mol. The lowest BCUT2D eigenvalue weighted by atomic mass is 10.1. The molecule has 0 aromatic heterocycles. The van der Waals surface area contributed by atoms with Crippen molar-refractivity contribution in [2.75, 3.05) is 5.32 Å². The Morgan fingerprint density at radius 2 is 1.82 bits per heavy atom. The Labute approximate surface area is 129 Å². The quantitative estimate of drug-likeness (QED) is 0.834. The standard InChI is InChI=1S/C17H18N2O3/c1-12-8-9-15(10-16(12)18-13(2)20)17(21)19-22-11-14-6-4-3-5-7-14/h3-10H,11H2,1-2H3,(H,18,20)(H,19,21). The van der Waals surface area contributed by atoms with Crippen molar-refractivity contribution < 1.29 is 14.4 Å². The van der Waals surface area contributed by atoms with Crippen molar-refractivity contribution in [3.8, 4) is 0 Å². The SMILES string of the molecule is CC(=O)Nc1cc(C(=O)NOCc2ccccc2)ccc1C. The van der Waals surface area contributed by atoms with Gasteiger partial charge in [0.05, 0.1) is 6.61 Å². The van der Waals surface area contributed by atoms with Crippen LogP contribution < -0.4 is 10.8 Å². The Bertz CT molecular complexity index is 669. The first-order chi connectivity index (χ1) is 10.6. The second-order valence-corrected chi connectivity index (χ2v) is 4.92. The summed E-state index contributed by atoms with van der Waals surface area (Å²) in [5.41, 5.74) is 5.28. The van der Waals surface area contributed by atoms with Crippen molar-refractivity contribution in [1.82, 2.24) is 5.48 Å². The van der Waals surface area contributed by atoms with Gasteiger partial charge in [-0.15, -0.1) is 0 Å². The van der Waals surface area contributed by atoms with Crippen LogP contribution in [-0.4, -0.2) is 11.8 Å². The Morgan fingerprint density at radius 1 is 1.09 bits per heavy atom. The lowest BCUT2D eigenvalue weighted by Gasteiger charge is -2.10. The second-order valence-electron chi connectivity index (χ2n) is 4.92. The van der Waals surface area contributed by atoms with Crippen molar-refractivity contribution in [3.63, 3.8) is 0 Å². The Morgan fingerprint density at radius 3 is 2.50 bits per heavy atom. The van der Waals surface area contributed by atoms with E-state index in [1.54, 1.807) is 18.2 Å². The molecule has 0 atom stereocenters. The first kappa shape index (κ1) is 15.7. The number of amides is 2. The van der Waals surface area contributed by atoms with Gasteiger partial charge in [-0.25, -0.2) is 5.48 Å². The molecule has 114 valence electrons. The molecule has 0 heterocycles. The third-order valence-corrected chi connectivity index (χ3v) is 3.06. The highest BCUT2D eigenvalue weighted by Crippen LogP contribution is 2.17. The molecule has 2 amide bonds. The van der Waals surface area contributed by atoms with Crippen LogP contribution in [0.25, 0.3) is 0 Å². The molecular weight excluding hydrogens is 280 g/mol. The number of nitrogens with one attached hydrogen (secondary N) is 2. The lowest BCUT2D eigenvalue weighted by molar-refractivity contribution is -0.114. The maximum atomic E-state index is 12.0. The van der Waals surface area contributed by atoms with Crippen LogP contribution in [0.3, 0.4) is 0 Å². The maximum absolute atomic E-state index is 12.0. The van der Waals surface area contributed by atoms with E-state index < -0.39 is 0 Å². The molecule has 0 fully saturated rings. The molecule has 0 radical (unpaired) electrons. The van der Waals surface area contributed by atoms with Gasteiger partial charge in [-0.1, -0.05) is 36.4 Å². The van der Waals surface area contributed by atoms with Crippen molar-refractivity contribution in [3.05, 3.63) is 65.2 Å². The molecule has 2 aromatic rings. The van der Waals surface area contributed by atoms with E-state index in [4.69, 9.17) is 4.84 Å². The number of aryl methyl sites for hydroxylation is 1. The molecule has 22 heavy (non-hydrogen) atoms. The number of carbonyl (C=O) groups is 2. The van der Waals surface area contributed by atoms with E-state index in [-0.39, 0.29) is 18.4 Å². The Balaban J connectivity index is 1.96. The summed E-state index contributed by atoms with van der Waals surface area (Å²) in [4.78, 5) is 28.4. The number of benzene rings is 2. The molecule has 0 aliphatic rings. The zero-order valence-corrected chi connectivity index (χ0v) is 12.6. The minimum atomic E-state index is -0.359. The summed E-state index contributed by atoms with van der Waals surface area (Å²) in [5.74, 6) is -0.538. The lowest BCUT2D eigenvalue weighted by Crippen LogP contribution is -2.23. The van der Waals surface area contributed by atoms with Crippen LogP contribution in [0.2, 0.25) is 0 Å². The number of rotatable bonds is 5. The number of carbonyl (C=O) groups excluding carboxylic acids is 2. The highest BCUT2D eigenvalue weighted by atomic mass is 16.6. The molecular formula is C17H18N2O3. The van der Waals surface area contributed by atoms with E-state index in [0.29, 0.717) is 11.3 Å². The van der Waals surface area contributed by atoms with Gasteiger partial charge < -0.3 is 5.32 Å². The number of anilines is 1. The molecule has 2 N–H and O–H groups in total. The summed E-state index contributed by atoms with van der Waals surface area (Å²) in [6.07, 6.45) is 0. The van der Waals surface area contributed by atoms with Crippen molar-refractivity contribution in [2.24, 2.45) is 0 Å². The summed E-state index contributed by atoms with van der Waals surface area (Å²) < 4.78 is 0. The average Bonchev–Trinajstić information content (AvgIpc) is 2.50. The van der Waals surface area contributed by atoms with Crippen LogP contribution in [-0.2, 0) is 16.2 Å². The minimum absolute atomic E-state index is 0.180. The molecule has 5 nitrogen and oxygen atoms in total. The topological polar surface area (TPSA) is 67.4 Å². The molecule has 0 aliphatic heterocycles. The molecule has 2 rings (SSSR count). The summed E-state index contributed by atoms with van der Waals surface area (Å²) in [7, 11) is 0. The van der Waals surface area contributed by atoms with Gasteiger partial charge in [0, 0.05) is 18.2 Å². The molecule has 5 heteroatoms. The van der Waals surface area contributed by atoms with Crippen LogP contribution >= 0.6 is 0 Å².